The summed E-state index contributed by atoms with van der Waals surface area (Å²) < 4.78 is 10.6. The van der Waals surface area contributed by atoms with Gasteiger partial charge in [-0.15, -0.1) is 6.58 Å². The highest BCUT2D eigenvalue weighted by Crippen LogP contribution is 2.25. The molecule has 1 saturated heterocycles. The third-order valence-corrected chi connectivity index (χ3v) is 5.68. The van der Waals surface area contributed by atoms with Crippen molar-refractivity contribution >= 4 is 35.1 Å². The molecule has 176 valence electrons. The summed E-state index contributed by atoms with van der Waals surface area (Å²) in [6, 6.07) is 11.5. The van der Waals surface area contributed by atoms with E-state index in [4.69, 9.17) is 9.47 Å². The van der Waals surface area contributed by atoms with Gasteiger partial charge < -0.3 is 19.7 Å². The number of morpholine rings is 1. The first kappa shape index (κ1) is 23.2. The van der Waals surface area contributed by atoms with Crippen molar-refractivity contribution in [3.8, 4) is 0 Å². The lowest BCUT2D eigenvalue weighted by Crippen LogP contribution is -2.36. The molecule has 2 heterocycles. The van der Waals surface area contributed by atoms with Crippen LogP contribution in [-0.2, 0) is 14.3 Å². The summed E-state index contributed by atoms with van der Waals surface area (Å²) in [4.78, 5) is 53.1. The number of benzene rings is 2. The van der Waals surface area contributed by atoms with Crippen LogP contribution in [0.25, 0.3) is 0 Å². The standard InChI is InChI=1S/C25H25N3O6/c1-3-10-28-23(30)20-9-4-17(15-21(20)24(28)31)25(32)34-16(2)22(29)26-18-5-7-19(8-6-18)27-11-13-33-14-12-27/h3-9,15-16H,1,10-14H2,2H3,(H,26,29)/t16-/m1/s1. The molecule has 0 saturated carbocycles. The van der Waals surface area contributed by atoms with Crippen molar-refractivity contribution in [1.29, 1.82) is 0 Å². The minimum absolute atomic E-state index is 0.0786. The van der Waals surface area contributed by atoms with Crippen LogP contribution in [0.2, 0.25) is 0 Å². The second-order valence-corrected chi connectivity index (χ2v) is 7.95. The molecule has 0 unspecified atom stereocenters. The highest BCUT2D eigenvalue weighted by Gasteiger charge is 2.35. The Bertz CT molecular complexity index is 1140. The van der Waals surface area contributed by atoms with Crippen molar-refractivity contribution in [3.05, 3.63) is 71.8 Å². The van der Waals surface area contributed by atoms with Crippen molar-refractivity contribution in [3.63, 3.8) is 0 Å². The molecule has 0 aliphatic carbocycles. The van der Waals surface area contributed by atoms with Crippen LogP contribution in [0.4, 0.5) is 11.4 Å². The van der Waals surface area contributed by atoms with Gasteiger partial charge in [0.15, 0.2) is 6.10 Å². The lowest BCUT2D eigenvalue weighted by molar-refractivity contribution is -0.123. The van der Waals surface area contributed by atoms with Crippen LogP contribution in [0.3, 0.4) is 0 Å². The van der Waals surface area contributed by atoms with Crippen molar-refractivity contribution in [2.45, 2.75) is 13.0 Å². The normalized spacial score (nSPS) is 16.1. The van der Waals surface area contributed by atoms with E-state index in [2.05, 4.69) is 16.8 Å². The molecular weight excluding hydrogens is 438 g/mol. The van der Waals surface area contributed by atoms with Crippen molar-refractivity contribution in [1.82, 2.24) is 4.90 Å². The van der Waals surface area contributed by atoms with Gasteiger partial charge in [0.1, 0.15) is 0 Å². The SMILES string of the molecule is C=CCN1C(=O)c2ccc(C(=O)O[C@H](C)C(=O)Nc3ccc(N4CCOCC4)cc3)cc2C1=O. The van der Waals surface area contributed by atoms with Crippen LogP contribution < -0.4 is 10.2 Å². The molecule has 2 aromatic rings. The monoisotopic (exact) mass is 463 g/mol. The van der Waals surface area contributed by atoms with Gasteiger partial charge in [-0.05, 0) is 49.4 Å². The molecule has 0 spiro atoms. The van der Waals surface area contributed by atoms with E-state index in [1.807, 2.05) is 12.1 Å². The van der Waals surface area contributed by atoms with Crippen LogP contribution >= 0.6 is 0 Å². The van der Waals surface area contributed by atoms with Gasteiger partial charge in [-0.1, -0.05) is 6.08 Å². The quantitative estimate of drug-likeness (QED) is 0.382. The molecule has 9 nitrogen and oxygen atoms in total. The van der Waals surface area contributed by atoms with Gasteiger partial charge in [-0.2, -0.15) is 0 Å². The number of hydrogen-bond donors (Lipinski definition) is 1. The van der Waals surface area contributed by atoms with Gasteiger partial charge in [0.05, 0.1) is 29.9 Å². The molecule has 0 aromatic heterocycles. The first-order valence-corrected chi connectivity index (χ1v) is 10.9. The number of hydrogen-bond acceptors (Lipinski definition) is 7. The maximum Gasteiger partial charge on any atom is 0.338 e. The number of carbonyl (C=O) groups excluding carboxylic acids is 4. The first-order valence-electron chi connectivity index (χ1n) is 10.9. The van der Waals surface area contributed by atoms with E-state index in [0.717, 1.165) is 23.7 Å². The number of nitrogens with one attached hydrogen (secondary N) is 1. The zero-order valence-corrected chi connectivity index (χ0v) is 18.8. The molecule has 9 heteroatoms. The average Bonchev–Trinajstić information content (AvgIpc) is 3.09. The summed E-state index contributed by atoms with van der Waals surface area (Å²) in [5.74, 6) is -2.19. The molecule has 2 aromatic carbocycles. The number of anilines is 2. The molecule has 0 radical (unpaired) electrons. The maximum atomic E-state index is 12.6. The predicted molar refractivity (Wildman–Crippen MR) is 125 cm³/mol. The molecule has 1 atom stereocenters. The van der Waals surface area contributed by atoms with E-state index in [-0.39, 0.29) is 23.2 Å². The summed E-state index contributed by atoms with van der Waals surface area (Å²) in [6.45, 7) is 8.08. The number of ether oxygens (including phenoxy) is 2. The van der Waals surface area contributed by atoms with Gasteiger partial charge in [-0.3, -0.25) is 19.3 Å². The first-order chi connectivity index (χ1) is 16.4. The fourth-order valence-corrected chi connectivity index (χ4v) is 3.82. The number of nitrogens with zero attached hydrogens (tertiary/aromatic N) is 2. The van der Waals surface area contributed by atoms with E-state index >= 15 is 0 Å². The van der Waals surface area contributed by atoms with E-state index in [0.29, 0.717) is 18.9 Å². The second-order valence-electron chi connectivity index (χ2n) is 7.95. The number of esters is 1. The van der Waals surface area contributed by atoms with Gasteiger partial charge in [0, 0.05) is 31.0 Å². The Kier molecular flexibility index (Phi) is 6.74. The average molecular weight is 463 g/mol. The molecule has 4 rings (SSSR count). The zero-order chi connectivity index (χ0) is 24.2. The maximum absolute atomic E-state index is 12.6. The molecular formula is C25H25N3O6. The number of rotatable bonds is 7. The Morgan fingerprint density at radius 2 is 1.76 bits per heavy atom. The van der Waals surface area contributed by atoms with Crippen molar-refractivity contribution in [2.24, 2.45) is 0 Å². The lowest BCUT2D eigenvalue weighted by atomic mass is 10.1. The Morgan fingerprint density at radius 3 is 2.44 bits per heavy atom. The molecule has 2 aliphatic rings. The van der Waals surface area contributed by atoms with Crippen molar-refractivity contribution in [2.75, 3.05) is 43.1 Å². The Hall–Kier alpha value is -3.98. The third kappa shape index (κ3) is 4.69. The van der Waals surface area contributed by atoms with Gasteiger partial charge in [-0.25, -0.2) is 4.79 Å². The van der Waals surface area contributed by atoms with E-state index in [9.17, 15) is 19.2 Å². The third-order valence-electron chi connectivity index (χ3n) is 5.68. The van der Waals surface area contributed by atoms with Crippen LogP contribution in [0.5, 0.6) is 0 Å². The van der Waals surface area contributed by atoms with Crippen LogP contribution in [-0.4, -0.2) is 67.5 Å². The minimum atomic E-state index is -1.07. The Morgan fingerprint density at radius 1 is 1.09 bits per heavy atom. The fraction of sp³-hybridized carbons (Fsp3) is 0.280. The second kappa shape index (κ2) is 9.88. The summed E-state index contributed by atoms with van der Waals surface area (Å²) in [7, 11) is 0. The van der Waals surface area contributed by atoms with Gasteiger partial charge in [0.2, 0.25) is 0 Å². The fourth-order valence-electron chi connectivity index (χ4n) is 3.82. The predicted octanol–water partition coefficient (Wildman–Crippen LogP) is 2.49. The summed E-state index contributed by atoms with van der Waals surface area (Å²) in [6.07, 6.45) is 0.377. The van der Waals surface area contributed by atoms with Crippen molar-refractivity contribution < 1.29 is 28.7 Å². The topological polar surface area (TPSA) is 105 Å². The summed E-state index contributed by atoms with van der Waals surface area (Å²) in [5.41, 5.74) is 2.04. The number of fused-ring (bicyclic) bond motifs is 1. The molecule has 2 aliphatic heterocycles. The number of amides is 3. The van der Waals surface area contributed by atoms with E-state index < -0.39 is 29.8 Å². The number of carbonyl (C=O) groups is 4. The summed E-state index contributed by atoms with van der Waals surface area (Å²) >= 11 is 0. The highest BCUT2D eigenvalue weighted by atomic mass is 16.5. The van der Waals surface area contributed by atoms with Crippen LogP contribution in [0.15, 0.2) is 55.1 Å². The molecule has 1 fully saturated rings. The highest BCUT2D eigenvalue weighted by molar-refractivity contribution is 6.22. The molecule has 0 bridgehead atoms. The van der Waals surface area contributed by atoms with Gasteiger partial charge >= 0.3 is 5.97 Å². The van der Waals surface area contributed by atoms with Crippen LogP contribution in [0, 0.1) is 0 Å². The van der Waals surface area contributed by atoms with E-state index in [1.165, 1.54) is 31.2 Å². The minimum Gasteiger partial charge on any atom is -0.449 e. The van der Waals surface area contributed by atoms with Crippen LogP contribution in [0.1, 0.15) is 38.0 Å². The van der Waals surface area contributed by atoms with Gasteiger partial charge in [0.25, 0.3) is 17.7 Å². The summed E-state index contributed by atoms with van der Waals surface area (Å²) in [5, 5.41) is 2.73. The molecule has 3 amide bonds. The molecule has 34 heavy (non-hydrogen) atoms. The molecule has 1 N–H and O–H groups in total. The Labute approximate surface area is 196 Å². The lowest BCUT2D eigenvalue weighted by Gasteiger charge is -2.28. The zero-order valence-electron chi connectivity index (χ0n) is 18.8. The smallest absolute Gasteiger partial charge is 0.338 e. The number of imide groups is 1. The van der Waals surface area contributed by atoms with E-state index in [1.54, 1.807) is 12.1 Å². The largest absolute Gasteiger partial charge is 0.449 e. The Balaban J connectivity index is 1.36.